The number of rotatable bonds is 10. The number of nitrogens with one attached hydrogen (secondary N) is 1. The lowest BCUT2D eigenvalue weighted by Crippen LogP contribution is -2.40. The molecule has 0 fully saturated rings. The van der Waals surface area contributed by atoms with Gasteiger partial charge in [-0.1, -0.05) is 6.92 Å². The van der Waals surface area contributed by atoms with Gasteiger partial charge in [-0.3, -0.25) is 14.4 Å². The first-order chi connectivity index (χ1) is 12.0. The highest BCUT2D eigenvalue weighted by atomic mass is 32.2. The molecule has 0 bridgehead atoms. The SMILES string of the molecule is CCCNC(=O)CN(C)C(=O)COC(=O)CSc1ccc(OC)cc1. The van der Waals surface area contributed by atoms with Crippen LogP contribution in [0.3, 0.4) is 0 Å². The number of methoxy groups -OCH3 is 1. The van der Waals surface area contributed by atoms with E-state index in [1.165, 1.54) is 23.7 Å². The molecule has 0 aliphatic rings. The molecule has 0 aliphatic carbocycles. The molecule has 0 saturated heterocycles. The lowest BCUT2D eigenvalue weighted by atomic mass is 10.3. The highest BCUT2D eigenvalue weighted by molar-refractivity contribution is 8.00. The predicted molar refractivity (Wildman–Crippen MR) is 95.6 cm³/mol. The van der Waals surface area contributed by atoms with E-state index in [-0.39, 0.29) is 24.8 Å². The average Bonchev–Trinajstić information content (AvgIpc) is 2.62. The molecule has 7 nitrogen and oxygen atoms in total. The first kappa shape index (κ1) is 20.8. The number of hydrogen-bond donors (Lipinski definition) is 1. The average molecular weight is 368 g/mol. The number of amides is 2. The summed E-state index contributed by atoms with van der Waals surface area (Å²) in [6.45, 7) is 2.08. The van der Waals surface area contributed by atoms with Crippen molar-refractivity contribution in [1.82, 2.24) is 10.2 Å². The van der Waals surface area contributed by atoms with Crippen LogP contribution in [0.2, 0.25) is 0 Å². The summed E-state index contributed by atoms with van der Waals surface area (Å²) >= 11 is 1.31. The van der Waals surface area contributed by atoms with E-state index in [4.69, 9.17) is 9.47 Å². The predicted octanol–water partition coefficient (Wildman–Crippen LogP) is 1.32. The first-order valence-corrected chi connectivity index (χ1v) is 8.88. The molecule has 0 heterocycles. The molecule has 0 radical (unpaired) electrons. The normalized spacial score (nSPS) is 10.0. The Balaban J connectivity index is 2.27. The Hall–Kier alpha value is -2.22. The van der Waals surface area contributed by atoms with Crippen LogP contribution in [0.4, 0.5) is 0 Å². The van der Waals surface area contributed by atoms with Crippen LogP contribution in [0, 0.1) is 0 Å². The minimum absolute atomic E-state index is 0.0585. The van der Waals surface area contributed by atoms with Crippen molar-refractivity contribution in [2.75, 3.05) is 39.6 Å². The van der Waals surface area contributed by atoms with Crippen molar-refractivity contribution in [2.24, 2.45) is 0 Å². The number of thioether (sulfide) groups is 1. The molecular formula is C17H24N2O5S. The van der Waals surface area contributed by atoms with E-state index in [1.807, 2.05) is 19.1 Å². The Kier molecular flexibility index (Phi) is 9.46. The third-order valence-electron chi connectivity index (χ3n) is 3.15. The van der Waals surface area contributed by atoms with E-state index >= 15 is 0 Å². The van der Waals surface area contributed by atoms with Crippen molar-refractivity contribution in [3.63, 3.8) is 0 Å². The summed E-state index contributed by atoms with van der Waals surface area (Å²) in [5.74, 6) is -0.310. The van der Waals surface area contributed by atoms with Crippen LogP contribution in [-0.4, -0.2) is 62.3 Å². The molecule has 0 unspecified atom stereocenters. The number of carbonyl (C=O) groups is 3. The maximum Gasteiger partial charge on any atom is 0.316 e. The van der Waals surface area contributed by atoms with Gasteiger partial charge in [0.2, 0.25) is 5.91 Å². The molecule has 2 amide bonds. The Bertz CT molecular complexity index is 577. The third kappa shape index (κ3) is 8.44. The minimum Gasteiger partial charge on any atom is -0.497 e. The minimum atomic E-state index is -0.488. The molecule has 0 aromatic heterocycles. The Morgan fingerprint density at radius 1 is 1.20 bits per heavy atom. The molecular weight excluding hydrogens is 344 g/mol. The van der Waals surface area contributed by atoms with Gasteiger partial charge in [-0.05, 0) is 30.7 Å². The van der Waals surface area contributed by atoms with Gasteiger partial charge in [0, 0.05) is 18.5 Å². The van der Waals surface area contributed by atoms with Gasteiger partial charge in [-0.15, -0.1) is 11.8 Å². The Morgan fingerprint density at radius 3 is 2.48 bits per heavy atom. The fraction of sp³-hybridized carbons (Fsp3) is 0.471. The number of benzene rings is 1. The molecule has 0 spiro atoms. The number of carbonyl (C=O) groups excluding carboxylic acids is 3. The van der Waals surface area contributed by atoms with E-state index < -0.39 is 11.9 Å². The van der Waals surface area contributed by atoms with E-state index in [9.17, 15) is 14.4 Å². The number of likely N-dealkylation sites (N-methyl/N-ethyl adjacent to an activating group) is 1. The van der Waals surface area contributed by atoms with Crippen molar-refractivity contribution in [3.05, 3.63) is 24.3 Å². The maximum absolute atomic E-state index is 11.8. The monoisotopic (exact) mass is 368 g/mol. The van der Waals surface area contributed by atoms with Crippen LogP contribution >= 0.6 is 11.8 Å². The zero-order chi connectivity index (χ0) is 18.7. The number of ether oxygens (including phenoxy) is 2. The summed E-state index contributed by atoms with van der Waals surface area (Å²) < 4.78 is 10.0. The van der Waals surface area contributed by atoms with Crippen molar-refractivity contribution < 1.29 is 23.9 Å². The Morgan fingerprint density at radius 2 is 1.88 bits per heavy atom. The van der Waals surface area contributed by atoms with Crippen molar-refractivity contribution in [2.45, 2.75) is 18.2 Å². The summed E-state index contributed by atoms with van der Waals surface area (Å²) in [5, 5.41) is 2.68. The summed E-state index contributed by atoms with van der Waals surface area (Å²) in [7, 11) is 3.08. The number of nitrogens with zero attached hydrogens (tertiary/aromatic N) is 1. The van der Waals surface area contributed by atoms with Gasteiger partial charge < -0.3 is 19.7 Å². The number of esters is 1. The summed E-state index contributed by atoms with van der Waals surface area (Å²) in [5.41, 5.74) is 0. The molecule has 1 rings (SSSR count). The van der Waals surface area contributed by atoms with E-state index in [0.29, 0.717) is 6.54 Å². The van der Waals surface area contributed by atoms with Crippen LogP contribution in [0.25, 0.3) is 0 Å². The second kappa shape index (κ2) is 11.4. The van der Waals surface area contributed by atoms with Crippen molar-refractivity contribution >= 4 is 29.5 Å². The van der Waals surface area contributed by atoms with Gasteiger partial charge in [-0.25, -0.2) is 0 Å². The van der Waals surface area contributed by atoms with Crippen LogP contribution in [0.15, 0.2) is 29.2 Å². The van der Waals surface area contributed by atoms with Crippen molar-refractivity contribution in [3.8, 4) is 5.75 Å². The largest absolute Gasteiger partial charge is 0.497 e. The quantitative estimate of drug-likeness (QED) is 0.495. The lowest BCUT2D eigenvalue weighted by molar-refractivity contribution is -0.149. The van der Waals surface area contributed by atoms with Gasteiger partial charge in [0.25, 0.3) is 5.91 Å². The summed E-state index contributed by atoms with van der Waals surface area (Å²) in [6, 6.07) is 7.28. The molecule has 0 saturated carbocycles. The second-order valence-corrected chi connectivity index (χ2v) is 6.27. The van der Waals surface area contributed by atoms with Gasteiger partial charge in [0.1, 0.15) is 5.75 Å². The smallest absolute Gasteiger partial charge is 0.316 e. The molecule has 138 valence electrons. The molecule has 0 aliphatic heterocycles. The maximum atomic E-state index is 11.8. The first-order valence-electron chi connectivity index (χ1n) is 7.89. The fourth-order valence-electron chi connectivity index (χ4n) is 1.73. The summed E-state index contributed by atoms with van der Waals surface area (Å²) in [6.07, 6.45) is 0.826. The number of hydrogen-bond acceptors (Lipinski definition) is 6. The van der Waals surface area contributed by atoms with Crippen LogP contribution in [0.5, 0.6) is 5.75 Å². The lowest BCUT2D eigenvalue weighted by Gasteiger charge is -2.16. The highest BCUT2D eigenvalue weighted by Crippen LogP contribution is 2.21. The zero-order valence-electron chi connectivity index (χ0n) is 14.7. The van der Waals surface area contributed by atoms with E-state index in [1.54, 1.807) is 19.2 Å². The third-order valence-corrected chi connectivity index (χ3v) is 4.14. The fourth-order valence-corrected chi connectivity index (χ4v) is 2.43. The van der Waals surface area contributed by atoms with Crippen LogP contribution in [0.1, 0.15) is 13.3 Å². The van der Waals surface area contributed by atoms with Gasteiger partial charge >= 0.3 is 5.97 Å². The van der Waals surface area contributed by atoms with Gasteiger partial charge in [-0.2, -0.15) is 0 Å². The zero-order valence-corrected chi connectivity index (χ0v) is 15.6. The van der Waals surface area contributed by atoms with E-state index in [2.05, 4.69) is 5.32 Å². The van der Waals surface area contributed by atoms with Gasteiger partial charge in [0.05, 0.1) is 19.4 Å². The highest BCUT2D eigenvalue weighted by Gasteiger charge is 2.15. The summed E-state index contributed by atoms with van der Waals surface area (Å²) in [4.78, 5) is 37.2. The molecule has 25 heavy (non-hydrogen) atoms. The molecule has 1 aromatic carbocycles. The second-order valence-electron chi connectivity index (χ2n) is 5.22. The van der Waals surface area contributed by atoms with E-state index in [0.717, 1.165) is 17.1 Å². The molecule has 0 atom stereocenters. The molecule has 1 N–H and O–H groups in total. The Labute approximate surface area is 152 Å². The molecule has 1 aromatic rings. The van der Waals surface area contributed by atoms with Crippen LogP contribution < -0.4 is 10.1 Å². The van der Waals surface area contributed by atoms with Gasteiger partial charge in [0.15, 0.2) is 6.61 Å². The molecule has 8 heteroatoms. The van der Waals surface area contributed by atoms with Crippen LogP contribution in [-0.2, 0) is 19.1 Å². The van der Waals surface area contributed by atoms with Crippen molar-refractivity contribution in [1.29, 1.82) is 0 Å². The topological polar surface area (TPSA) is 84.9 Å². The standard InChI is InChI=1S/C17H24N2O5S/c1-4-9-18-15(20)10-19(2)16(21)11-24-17(22)12-25-14-7-5-13(23-3)6-8-14/h5-8H,4,9-12H2,1-3H3,(H,18,20).